The first-order valence-electron chi connectivity index (χ1n) is 8.19. The summed E-state index contributed by atoms with van der Waals surface area (Å²) >= 11 is 0. The number of carbonyl (C=O) groups is 2. The Labute approximate surface area is 149 Å². The van der Waals surface area contributed by atoms with Gasteiger partial charge in [0.2, 0.25) is 5.91 Å². The van der Waals surface area contributed by atoms with E-state index in [9.17, 15) is 9.59 Å². The quantitative estimate of drug-likeness (QED) is 0.703. The van der Waals surface area contributed by atoms with Crippen LogP contribution >= 0.6 is 0 Å². The second-order valence-electron chi connectivity index (χ2n) is 6.49. The molecule has 7 heteroatoms. The van der Waals surface area contributed by atoms with Gasteiger partial charge in [-0.05, 0) is 45.4 Å². The number of alkyl carbamates (subject to hydrolysis) is 1. The first kappa shape index (κ1) is 20.6. The second-order valence-corrected chi connectivity index (χ2v) is 6.49. The largest absolute Gasteiger partial charge is 0.497 e. The van der Waals surface area contributed by atoms with Crippen molar-refractivity contribution in [3.8, 4) is 11.5 Å². The van der Waals surface area contributed by atoms with Crippen molar-refractivity contribution in [2.75, 3.05) is 20.8 Å². The molecule has 1 aromatic carbocycles. The van der Waals surface area contributed by atoms with Crippen LogP contribution in [0, 0.1) is 0 Å². The monoisotopic (exact) mass is 352 g/mol. The van der Waals surface area contributed by atoms with Gasteiger partial charge in [0.05, 0.1) is 14.2 Å². The summed E-state index contributed by atoms with van der Waals surface area (Å²) in [5, 5.41) is 5.46. The summed E-state index contributed by atoms with van der Waals surface area (Å²) in [5.74, 6) is 1.29. The van der Waals surface area contributed by atoms with Crippen molar-refractivity contribution in [2.24, 2.45) is 0 Å². The zero-order chi connectivity index (χ0) is 18.9. The van der Waals surface area contributed by atoms with Crippen LogP contribution in [0.5, 0.6) is 11.5 Å². The van der Waals surface area contributed by atoms with E-state index in [4.69, 9.17) is 14.2 Å². The summed E-state index contributed by atoms with van der Waals surface area (Å²) in [4.78, 5) is 23.4. The third kappa shape index (κ3) is 8.28. The Hall–Kier alpha value is -2.44. The molecule has 140 valence electrons. The fraction of sp³-hybridized carbons (Fsp3) is 0.556. The van der Waals surface area contributed by atoms with E-state index in [2.05, 4.69) is 10.6 Å². The predicted octanol–water partition coefficient (Wildman–Crippen LogP) is 2.62. The van der Waals surface area contributed by atoms with Gasteiger partial charge in [0.1, 0.15) is 17.1 Å². The van der Waals surface area contributed by atoms with Gasteiger partial charge in [-0.2, -0.15) is 0 Å². The molecule has 0 fully saturated rings. The van der Waals surface area contributed by atoms with Gasteiger partial charge in [0, 0.05) is 25.1 Å². The molecule has 25 heavy (non-hydrogen) atoms. The van der Waals surface area contributed by atoms with Crippen LogP contribution in [0.3, 0.4) is 0 Å². The number of rotatable bonds is 8. The van der Waals surface area contributed by atoms with Crippen LogP contribution in [0.1, 0.15) is 39.2 Å². The number of hydrogen-bond acceptors (Lipinski definition) is 5. The molecule has 1 aromatic rings. The number of benzene rings is 1. The molecule has 0 aliphatic carbocycles. The summed E-state index contributed by atoms with van der Waals surface area (Å²) < 4.78 is 15.6. The van der Waals surface area contributed by atoms with Crippen molar-refractivity contribution in [3.05, 3.63) is 23.8 Å². The van der Waals surface area contributed by atoms with Gasteiger partial charge in [-0.25, -0.2) is 4.79 Å². The Morgan fingerprint density at radius 3 is 2.40 bits per heavy atom. The summed E-state index contributed by atoms with van der Waals surface area (Å²) in [6.45, 7) is 6.12. The molecule has 0 spiro atoms. The Kier molecular flexibility index (Phi) is 8.04. The lowest BCUT2D eigenvalue weighted by molar-refractivity contribution is -0.121. The maximum atomic E-state index is 11.9. The van der Waals surface area contributed by atoms with Crippen molar-refractivity contribution in [3.63, 3.8) is 0 Å². The molecule has 1 rings (SSSR count). The number of hydrogen-bond donors (Lipinski definition) is 2. The topological polar surface area (TPSA) is 85.9 Å². The molecule has 0 aliphatic rings. The van der Waals surface area contributed by atoms with Crippen molar-refractivity contribution in [1.82, 2.24) is 10.6 Å². The molecule has 2 N–H and O–H groups in total. The minimum atomic E-state index is -0.531. The zero-order valence-corrected chi connectivity index (χ0v) is 15.6. The van der Waals surface area contributed by atoms with E-state index in [1.807, 2.05) is 6.07 Å². The average molecular weight is 352 g/mol. The van der Waals surface area contributed by atoms with Crippen LogP contribution in [0.4, 0.5) is 4.79 Å². The number of methoxy groups -OCH3 is 2. The minimum absolute atomic E-state index is 0.101. The number of ether oxygens (including phenoxy) is 3. The highest BCUT2D eigenvalue weighted by Gasteiger charge is 2.15. The van der Waals surface area contributed by atoms with Gasteiger partial charge >= 0.3 is 6.09 Å². The molecule has 0 aliphatic heterocycles. The molecule has 0 saturated heterocycles. The van der Waals surface area contributed by atoms with Gasteiger partial charge in [-0.1, -0.05) is 0 Å². The molecule has 7 nitrogen and oxygen atoms in total. The highest BCUT2D eigenvalue weighted by atomic mass is 16.6. The highest BCUT2D eigenvalue weighted by Crippen LogP contribution is 2.23. The highest BCUT2D eigenvalue weighted by molar-refractivity contribution is 5.76. The summed E-state index contributed by atoms with van der Waals surface area (Å²) in [5.41, 5.74) is 0.305. The Morgan fingerprint density at radius 1 is 1.08 bits per heavy atom. The normalized spacial score (nSPS) is 10.8. The van der Waals surface area contributed by atoms with E-state index >= 15 is 0 Å². The van der Waals surface area contributed by atoms with Gasteiger partial charge in [-0.15, -0.1) is 0 Å². The molecule has 0 atom stereocenters. The molecule has 0 radical (unpaired) electrons. The van der Waals surface area contributed by atoms with Gasteiger partial charge < -0.3 is 24.8 Å². The van der Waals surface area contributed by atoms with E-state index in [1.54, 1.807) is 47.1 Å². The molecular formula is C18H28N2O5. The fourth-order valence-electron chi connectivity index (χ4n) is 2.06. The zero-order valence-electron chi connectivity index (χ0n) is 15.6. The first-order valence-corrected chi connectivity index (χ1v) is 8.19. The molecule has 2 amide bonds. The summed E-state index contributed by atoms with van der Waals surface area (Å²) in [6.07, 6.45) is 0.358. The lowest BCUT2D eigenvalue weighted by atomic mass is 10.2. The van der Waals surface area contributed by atoms with E-state index < -0.39 is 11.7 Å². The number of nitrogens with one attached hydrogen (secondary N) is 2. The average Bonchev–Trinajstić information content (AvgIpc) is 2.55. The third-order valence-electron chi connectivity index (χ3n) is 3.21. The van der Waals surface area contributed by atoms with Crippen LogP contribution in [-0.4, -0.2) is 38.4 Å². The molecular weight excluding hydrogens is 324 g/mol. The summed E-state index contributed by atoms with van der Waals surface area (Å²) in [6, 6.07) is 5.42. The Bertz CT molecular complexity index is 581. The van der Waals surface area contributed by atoms with Gasteiger partial charge in [-0.3, -0.25) is 4.79 Å². The Morgan fingerprint density at radius 2 is 1.80 bits per heavy atom. The van der Waals surface area contributed by atoms with E-state index in [0.717, 1.165) is 5.56 Å². The van der Waals surface area contributed by atoms with Crippen LogP contribution in [0.25, 0.3) is 0 Å². The fourth-order valence-corrected chi connectivity index (χ4v) is 2.06. The van der Waals surface area contributed by atoms with Crippen LogP contribution in [-0.2, 0) is 16.1 Å². The predicted molar refractivity (Wildman–Crippen MR) is 94.9 cm³/mol. The van der Waals surface area contributed by atoms with Crippen molar-refractivity contribution in [2.45, 2.75) is 45.8 Å². The standard InChI is InChI=1S/C18H28N2O5/c1-18(2,3)25-17(22)19-10-6-7-16(21)20-12-13-11-14(23-4)8-9-15(13)24-5/h8-9,11H,6-7,10,12H2,1-5H3,(H,19,22)(H,20,21). The van der Waals surface area contributed by atoms with Gasteiger partial charge in [0.15, 0.2) is 0 Å². The van der Waals surface area contributed by atoms with Crippen molar-refractivity contribution < 1.29 is 23.8 Å². The van der Waals surface area contributed by atoms with E-state index in [0.29, 0.717) is 37.4 Å². The number of amides is 2. The summed E-state index contributed by atoms with van der Waals surface area (Å²) in [7, 11) is 3.16. The third-order valence-corrected chi connectivity index (χ3v) is 3.21. The maximum absolute atomic E-state index is 11.9. The first-order chi connectivity index (χ1) is 11.7. The van der Waals surface area contributed by atoms with Crippen LogP contribution in [0.2, 0.25) is 0 Å². The number of carbonyl (C=O) groups excluding carboxylic acids is 2. The lowest BCUT2D eigenvalue weighted by Crippen LogP contribution is -2.33. The van der Waals surface area contributed by atoms with Crippen LogP contribution < -0.4 is 20.1 Å². The SMILES string of the molecule is COc1ccc(OC)c(CNC(=O)CCCNC(=O)OC(C)(C)C)c1. The van der Waals surface area contributed by atoms with Crippen molar-refractivity contribution >= 4 is 12.0 Å². The van der Waals surface area contributed by atoms with E-state index in [1.165, 1.54) is 0 Å². The van der Waals surface area contributed by atoms with Crippen LogP contribution in [0.15, 0.2) is 18.2 Å². The Balaban J connectivity index is 2.33. The van der Waals surface area contributed by atoms with Gasteiger partial charge in [0.25, 0.3) is 0 Å². The molecule has 0 heterocycles. The van der Waals surface area contributed by atoms with E-state index in [-0.39, 0.29) is 5.91 Å². The molecule has 0 saturated carbocycles. The maximum Gasteiger partial charge on any atom is 0.407 e. The van der Waals surface area contributed by atoms with Crippen molar-refractivity contribution in [1.29, 1.82) is 0 Å². The molecule has 0 bridgehead atoms. The smallest absolute Gasteiger partial charge is 0.407 e. The molecule has 0 aromatic heterocycles. The lowest BCUT2D eigenvalue weighted by Gasteiger charge is -2.19. The molecule has 0 unspecified atom stereocenters. The second kappa shape index (κ2) is 9.76. The minimum Gasteiger partial charge on any atom is -0.497 e.